The van der Waals surface area contributed by atoms with Crippen LogP contribution in [0.2, 0.25) is 0 Å². The van der Waals surface area contributed by atoms with Gasteiger partial charge in [0.15, 0.2) is 0 Å². The average molecular weight is 243 g/mol. The van der Waals surface area contributed by atoms with Gasteiger partial charge in [-0.1, -0.05) is 45.0 Å². The fourth-order valence-electron chi connectivity index (χ4n) is 2.50. The van der Waals surface area contributed by atoms with Crippen molar-refractivity contribution in [2.24, 2.45) is 4.99 Å². The summed E-state index contributed by atoms with van der Waals surface area (Å²) < 4.78 is 0. The number of benzene rings is 1. The van der Waals surface area contributed by atoms with E-state index >= 15 is 0 Å². The zero-order valence-electron chi connectivity index (χ0n) is 11.5. The molecule has 0 unspecified atom stereocenters. The maximum Gasteiger partial charge on any atom is 0.235 e. The number of rotatable bonds is 4. The first-order valence-electron chi connectivity index (χ1n) is 6.74. The summed E-state index contributed by atoms with van der Waals surface area (Å²) in [4.78, 5) is 14.6. The molecule has 1 saturated carbocycles. The number of aliphatic imine (C=N–C) groups is 1. The van der Waals surface area contributed by atoms with Gasteiger partial charge in [0.1, 0.15) is 0 Å². The average Bonchev–Trinajstić information content (AvgIpc) is 2.34. The first kappa shape index (κ1) is 13.0. The molecule has 96 valence electrons. The van der Waals surface area contributed by atoms with Crippen LogP contribution in [0.25, 0.3) is 0 Å². The lowest BCUT2D eigenvalue weighted by atomic mass is 9.71. The maximum atomic E-state index is 10.6. The van der Waals surface area contributed by atoms with Crippen LogP contribution in [0.3, 0.4) is 0 Å². The Morgan fingerprint density at radius 2 is 1.89 bits per heavy atom. The van der Waals surface area contributed by atoms with E-state index in [2.05, 4.69) is 50.0 Å². The molecule has 0 amide bonds. The van der Waals surface area contributed by atoms with E-state index in [0.29, 0.717) is 0 Å². The molecule has 0 aromatic heterocycles. The summed E-state index contributed by atoms with van der Waals surface area (Å²) in [6, 6.07) is 8.62. The van der Waals surface area contributed by atoms with Gasteiger partial charge in [0.25, 0.3) is 0 Å². The van der Waals surface area contributed by atoms with Gasteiger partial charge < -0.3 is 0 Å². The Hall–Kier alpha value is -1.40. The second-order valence-electron chi connectivity index (χ2n) is 5.90. The van der Waals surface area contributed by atoms with Crippen molar-refractivity contribution < 1.29 is 4.79 Å². The second-order valence-corrected chi connectivity index (χ2v) is 5.90. The van der Waals surface area contributed by atoms with Gasteiger partial charge in [0.2, 0.25) is 6.08 Å². The standard InChI is InChI=1S/C16H21NO/c1-4-15(2,3)13-6-8-14(9-7-13)16(17-12-18)10-5-11-16/h6-9H,4-5,10-11H2,1-3H3. The summed E-state index contributed by atoms with van der Waals surface area (Å²) in [7, 11) is 0. The van der Waals surface area contributed by atoms with Crippen molar-refractivity contribution in [2.45, 2.75) is 57.4 Å². The highest BCUT2D eigenvalue weighted by molar-refractivity contribution is 5.40. The van der Waals surface area contributed by atoms with Gasteiger partial charge in [-0.25, -0.2) is 4.79 Å². The summed E-state index contributed by atoms with van der Waals surface area (Å²) >= 11 is 0. The van der Waals surface area contributed by atoms with Crippen molar-refractivity contribution in [1.82, 2.24) is 0 Å². The monoisotopic (exact) mass is 243 g/mol. The van der Waals surface area contributed by atoms with Gasteiger partial charge in [-0.15, -0.1) is 0 Å². The zero-order valence-corrected chi connectivity index (χ0v) is 11.5. The van der Waals surface area contributed by atoms with Crippen molar-refractivity contribution in [3.8, 4) is 0 Å². The van der Waals surface area contributed by atoms with Crippen LogP contribution < -0.4 is 0 Å². The van der Waals surface area contributed by atoms with Crippen molar-refractivity contribution in [3.05, 3.63) is 35.4 Å². The molecule has 0 radical (unpaired) electrons. The van der Waals surface area contributed by atoms with Crippen LogP contribution in [0.5, 0.6) is 0 Å². The molecule has 18 heavy (non-hydrogen) atoms. The van der Waals surface area contributed by atoms with E-state index in [1.54, 1.807) is 6.08 Å². The Morgan fingerprint density at radius 3 is 2.28 bits per heavy atom. The van der Waals surface area contributed by atoms with E-state index in [4.69, 9.17) is 0 Å². The number of nitrogens with zero attached hydrogens (tertiary/aromatic N) is 1. The van der Waals surface area contributed by atoms with Crippen LogP contribution >= 0.6 is 0 Å². The lowest BCUT2D eigenvalue weighted by Crippen LogP contribution is -2.32. The van der Waals surface area contributed by atoms with E-state index in [9.17, 15) is 4.79 Å². The summed E-state index contributed by atoms with van der Waals surface area (Å²) in [5.74, 6) is 0. The van der Waals surface area contributed by atoms with Gasteiger partial charge in [-0.3, -0.25) is 0 Å². The third-order valence-electron chi connectivity index (χ3n) is 4.53. The Labute approximate surface area is 109 Å². The molecule has 0 saturated heterocycles. The van der Waals surface area contributed by atoms with Crippen LogP contribution in [0, 0.1) is 0 Å². The predicted molar refractivity (Wildman–Crippen MR) is 73.4 cm³/mol. The number of isocyanates is 1. The SMILES string of the molecule is CCC(C)(C)c1ccc(C2(N=C=O)CCC2)cc1. The minimum Gasteiger partial charge on any atom is -0.211 e. The van der Waals surface area contributed by atoms with Crippen molar-refractivity contribution in [1.29, 1.82) is 0 Å². The smallest absolute Gasteiger partial charge is 0.211 e. The molecule has 2 rings (SSSR count). The van der Waals surface area contributed by atoms with E-state index in [1.807, 2.05) is 0 Å². The van der Waals surface area contributed by atoms with Gasteiger partial charge in [-0.05, 0) is 42.2 Å². The Kier molecular flexibility index (Phi) is 3.41. The van der Waals surface area contributed by atoms with Gasteiger partial charge >= 0.3 is 0 Å². The molecule has 1 aromatic rings. The molecule has 0 bridgehead atoms. The first-order valence-corrected chi connectivity index (χ1v) is 6.74. The van der Waals surface area contributed by atoms with Crippen molar-refractivity contribution in [2.75, 3.05) is 0 Å². The molecule has 2 heteroatoms. The van der Waals surface area contributed by atoms with E-state index < -0.39 is 0 Å². The number of hydrogen-bond acceptors (Lipinski definition) is 2. The quantitative estimate of drug-likeness (QED) is 0.578. The highest BCUT2D eigenvalue weighted by Crippen LogP contribution is 2.45. The number of hydrogen-bond donors (Lipinski definition) is 0. The molecular formula is C16H21NO. The van der Waals surface area contributed by atoms with Crippen LogP contribution in [-0.2, 0) is 15.7 Å². The summed E-state index contributed by atoms with van der Waals surface area (Å²) in [6.45, 7) is 6.72. The van der Waals surface area contributed by atoms with E-state index in [-0.39, 0.29) is 11.0 Å². The molecular weight excluding hydrogens is 222 g/mol. The Morgan fingerprint density at radius 1 is 1.28 bits per heavy atom. The Bertz CT molecular complexity index is 462. The fraction of sp³-hybridized carbons (Fsp3) is 0.562. The van der Waals surface area contributed by atoms with Crippen molar-refractivity contribution >= 4 is 6.08 Å². The highest BCUT2D eigenvalue weighted by atomic mass is 16.1. The summed E-state index contributed by atoms with van der Waals surface area (Å²) in [6.07, 6.45) is 5.94. The highest BCUT2D eigenvalue weighted by Gasteiger charge is 2.38. The summed E-state index contributed by atoms with van der Waals surface area (Å²) in [5, 5.41) is 0. The normalized spacial score (nSPS) is 17.7. The molecule has 0 N–H and O–H groups in total. The fourth-order valence-corrected chi connectivity index (χ4v) is 2.50. The van der Waals surface area contributed by atoms with Crippen LogP contribution in [-0.4, -0.2) is 6.08 Å². The largest absolute Gasteiger partial charge is 0.235 e. The van der Waals surface area contributed by atoms with E-state index in [1.165, 1.54) is 5.56 Å². The van der Waals surface area contributed by atoms with Crippen LogP contribution in [0.1, 0.15) is 57.6 Å². The molecule has 0 aliphatic heterocycles. The minimum absolute atomic E-state index is 0.208. The molecule has 0 spiro atoms. The molecule has 2 nitrogen and oxygen atoms in total. The molecule has 0 atom stereocenters. The lowest BCUT2D eigenvalue weighted by Gasteiger charge is -2.37. The topological polar surface area (TPSA) is 29.4 Å². The first-order chi connectivity index (χ1) is 8.54. The Balaban J connectivity index is 2.30. The maximum absolute atomic E-state index is 10.6. The molecule has 0 heterocycles. The van der Waals surface area contributed by atoms with Gasteiger partial charge in [0, 0.05) is 0 Å². The van der Waals surface area contributed by atoms with Crippen LogP contribution in [0.15, 0.2) is 29.3 Å². The van der Waals surface area contributed by atoms with Gasteiger partial charge in [0.05, 0.1) is 5.54 Å². The number of carbonyl (C=O) groups excluding carboxylic acids is 1. The minimum atomic E-state index is -0.267. The lowest BCUT2D eigenvalue weighted by molar-refractivity contribution is 0.256. The second kappa shape index (κ2) is 4.70. The molecule has 1 fully saturated rings. The third-order valence-corrected chi connectivity index (χ3v) is 4.53. The zero-order chi connectivity index (χ0) is 13.2. The molecule has 1 aliphatic carbocycles. The van der Waals surface area contributed by atoms with Gasteiger partial charge in [-0.2, -0.15) is 4.99 Å². The molecule has 1 aliphatic rings. The van der Waals surface area contributed by atoms with E-state index in [0.717, 1.165) is 31.2 Å². The van der Waals surface area contributed by atoms with Crippen LogP contribution in [0.4, 0.5) is 0 Å². The van der Waals surface area contributed by atoms with Crippen molar-refractivity contribution in [3.63, 3.8) is 0 Å². The molecule has 1 aromatic carbocycles. The third kappa shape index (κ3) is 2.13. The summed E-state index contributed by atoms with van der Waals surface area (Å²) in [5.41, 5.74) is 2.45. The predicted octanol–water partition coefficient (Wildman–Crippen LogP) is 4.09.